The summed E-state index contributed by atoms with van der Waals surface area (Å²) < 4.78 is 5.48. The van der Waals surface area contributed by atoms with Crippen molar-refractivity contribution in [3.63, 3.8) is 0 Å². The molecule has 1 aromatic heterocycles. The second kappa shape index (κ2) is 7.07. The van der Waals surface area contributed by atoms with Crippen molar-refractivity contribution in [2.75, 3.05) is 13.7 Å². The van der Waals surface area contributed by atoms with Crippen LogP contribution in [0.25, 0.3) is 0 Å². The van der Waals surface area contributed by atoms with E-state index in [1.807, 2.05) is 6.20 Å². The van der Waals surface area contributed by atoms with Gasteiger partial charge in [0.15, 0.2) is 0 Å². The zero-order valence-corrected chi connectivity index (χ0v) is 13.3. The van der Waals surface area contributed by atoms with E-state index in [-0.39, 0.29) is 0 Å². The molecule has 0 aromatic carbocycles. The van der Waals surface area contributed by atoms with Gasteiger partial charge in [-0.2, -0.15) is 0 Å². The Kier molecular flexibility index (Phi) is 5.41. The minimum absolute atomic E-state index is 0.715. The molecule has 112 valence electrons. The maximum atomic E-state index is 5.48. The lowest BCUT2D eigenvalue weighted by Crippen LogP contribution is -2.30. The normalized spacial score (nSPS) is 16.2. The number of pyridine rings is 1. The third-order valence-electron chi connectivity index (χ3n) is 4.34. The fraction of sp³-hybridized carbons (Fsp3) is 0.706. The highest BCUT2D eigenvalue weighted by Crippen LogP contribution is 2.34. The second-order valence-electron chi connectivity index (χ2n) is 5.94. The molecule has 1 atom stereocenters. The summed E-state index contributed by atoms with van der Waals surface area (Å²) in [6, 6.07) is 0.715. The predicted octanol–water partition coefficient (Wildman–Crippen LogP) is 3.42. The fourth-order valence-corrected chi connectivity index (χ4v) is 3.08. The van der Waals surface area contributed by atoms with E-state index in [1.54, 1.807) is 7.11 Å². The van der Waals surface area contributed by atoms with Crippen molar-refractivity contribution in [1.29, 1.82) is 0 Å². The van der Waals surface area contributed by atoms with Crippen LogP contribution >= 0.6 is 0 Å². The summed E-state index contributed by atoms with van der Waals surface area (Å²) in [7, 11) is 1.74. The van der Waals surface area contributed by atoms with Crippen LogP contribution in [-0.2, 0) is 6.42 Å². The Morgan fingerprint density at radius 1 is 1.40 bits per heavy atom. The molecule has 1 unspecified atom stereocenters. The van der Waals surface area contributed by atoms with Crippen molar-refractivity contribution < 1.29 is 4.74 Å². The average molecular weight is 276 g/mol. The molecular formula is C17H28N2O. The first-order valence-corrected chi connectivity index (χ1v) is 7.89. The minimum Gasteiger partial charge on any atom is -0.496 e. The molecular weight excluding hydrogens is 248 g/mol. The number of aromatic nitrogens is 1. The summed E-state index contributed by atoms with van der Waals surface area (Å²) in [6.07, 6.45) is 8.27. The number of nitrogens with one attached hydrogen (secondary N) is 1. The molecule has 1 aromatic rings. The van der Waals surface area contributed by atoms with Crippen LogP contribution in [0, 0.1) is 19.8 Å². The van der Waals surface area contributed by atoms with Gasteiger partial charge in [-0.05, 0) is 58.4 Å². The third-order valence-corrected chi connectivity index (χ3v) is 4.34. The average Bonchev–Trinajstić information content (AvgIpc) is 3.25. The van der Waals surface area contributed by atoms with Gasteiger partial charge in [-0.1, -0.05) is 6.92 Å². The molecule has 1 aliphatic rings. The SMILES string of the molecule is CCNC(CCCc1ncc(C)c(OC)c1C)C1CC1. The highest BCUT2D eigenvalue weighted by molar-refractivity contribution is 5.41. The van der Waals surface area contributed by atoms with E-state index in [0.717, 1.165) is 30.2 Å². The molecule has 3 heteroatoms. The number of ether oxygens (including phenoxy) is 1. The van der Waals surface area contributed by atoms with Crippen LogP contribution in [-0.4, -0.2) is 24.7 Å². The molecule has 0 spiro atoms. The Balaban J connectivity index is 1.90. The molecule has 0 amide bonds. The number of nitrogens with zero attached hydrogens (tertiary/aromatic N) is 1. The van der Waals surface area contributed by atoms with Gasteiger partial charge in [-0.25, -0.2) is 0 Å². The maximum absolute atomic E-state index is 5.48. The summed E-state index contributed by atoms with van der Waals surface area (Å²) in [5, 5.41) is 3.63. The monoisotopic (exact) mass is 276 g/mol. The molecule has 1 N–H and O–H groups in total. The van der Waals surface area contributed by atoms with Gasteiger partial charge in [-0.15, -0.1) is 0 Å². The van der Waals surface area contributed by atoms with Crippen LogP contribution in [0.3, 0.4) is 0 Å². The summed E-state index contributed by atoms with van der Waals surface area (Å²) in [5.74, 6) is 1.93. The van der Waals surface area contributed by atoms with Gasteiger partial charge in [0.2, 0.25) is 0 Å². The van der Waals surface area contributed by atoms with E-state index in [2.05, 4.69) is 31.1 Å². The Hall–Kier alpha value is -1.09. The van der Waals surface area contributed by atoms with Crippen LogP contribution in [0.4, 0.5) is 0 Å². The lowest BCUT2D eigenvalue weighted by Gasteiger charge is -2.17. The predicted molar refractivity (Wildman–Crippen MR) is 83.4 cm³/mol. The Labute approximate surface area is 123 Å². The molecule has 0 aliphatic heterocycles. The molecule has 1 aliphatic carbocycles. The smallest absolute Gasteiger partial charge is 0.128 e. The van der Waals surface area contributed by atoms with Gasteiger partial charge in [0.05, 0.1) is 7.11 Å². The summed E-state index contributed by atoms with van der Waals surface area (Å²) in [4.78, 5) is 4.59. The largest absolute Gasteiger partial charge is 0.496 e. The van der Waals surface area contributed by atoms with Crippen molar-refractivity contribution in [2.24, 2.45) is 5.92 Å². The highest BCUT2D eigenvalue weighted by atomic mass is 16.5. The Bertz CT molecular complexity index is 441. The zero-order chi connectivity index (χ0) is 14.5. The van der Waals surface area contributed by atoms with Crippen LogP contribution in [0.15, 0.2) is 6.20 Å². The van der Waals surface area contributed by atoms with E-state index < -0.39 is 0 Å². The van der Waals surface area contributed by atoms with Crippen LogP contribution < -0.4 is 10.1 Å². The van der Waals surface area contributed by atoms with Gasteiger partial charge >= 0.3 is 0 Å². The van der Waals surface area contributed by atoms with Crippen molar-refractivity contribution in [3.05, 3.63) is 23.0 Å². The molecule has 0 saturated heterocycles. The first-order valence-electron chi connectivity index (χ1n) is 7.89. The molecule has 0 radical (unpaired) electrons. The summed E-state index contributed by atoms with van der Waals surface area (Å²) >= 11 is 0. The minimum atomic E-state index is 0.715. The molecule has 0 bridgehead atoms. The van der Waals surface area contributed by atoms with Crippen molar-refractivity contribution >= 4 is 0 Å². The summed E-state index contributed by atoms with van der Waals surface area (Å²) in [6.45, 7) is 7.45. The van der Waals surface area contributed by atoms with Gasteiger partial charge < -0.3 is 10.1 Å². The van der Waals surface area contributed by atoms with Crippen molar-refractivity contribution in [2.45, 2.75) is 58.9 Å². The molecule has 1 fully saturated rings. The number of rotatable bonds is 8. The van der Waals surface area contributed by atoms with Gasteiger partial charge in [0, 0.05) is 29.1 Å². The Morgan fingerprint density at radius 3 is 2.75 bits per heavy atom. The molecule has 20 heavy (non-hydrogen) atoms. The van der Waals surface area contributed by atoms with Crippen LogP contribution in [0.5, 0.6) is 5.75 Å². The number of hydrogen-bond acceptors (Lipinski definition) is 3. The molecule has 1 saturated carbocycles. The number of aryl methyl sites for hydroxylation is 2. The molecule has 1 heterocycles. The first kappa shape index (κ1) is 15.3. The highest BCUT2D eigenvalue weighted by Gasteiger charge is 2.29. The lowest BCUT2D eigenvalue weighted by atomic mass is 10.0. The van der Waals surface area contributed by atoms with Crippen molar-refractivity contribution in [3.8, 4) is 5.75 Å². The first-order chi connectivity index (χ1) is 9.67. The molecule has 2 rings (SSSR count). The standard InChI is InChI=1S/C17H28N2O/c1-5-18-16(14-9-10-14)8-6-7-15-13(3)17(20-4)12(2)11-19-15/h11,14,16,18H,5-10H2,1-4H3. The van der Waals surface area contributed by atoms with Gasteiger partial charge in [0.1, 0.15) is 5.75 Å². The topological polar surface area (TPSA) is 34.2 Å². The van der Waals surface area contributed by atoms with Crippen LogP contribution in [0.1, 0.15) is 49.4 Å². The van der Waals surface area contributed by atoms with E-state index >= 15 is 0 Å². The summed E-state index contributed by atoms with van der Waals surface area (Å²) in [5.41, 5.74) is 3.52. The third kappa shape index (κ3) is 3.72. The second-order valence-corrected chi connectivity index (χ2v) is 5.94. The number of methoxy groups -OCH3 is 1. The van der Waals surface area contributed by atoms with E-state index in [9.17, 15) is 0 Å². The van der Waals surface area contributed by atoms with Crippen molar-refractivity contribution in [1.82, 2.24) is 10.3 Å². The number of hydrogen-bond donors (Lipinski definition) is 1. The Morgan fingerprint density at radius 2 is 2.15 bits per heavy atom. The van der Waals surface area contributed by atoms with Gasteiger partial charge in [-0.3, -0.25) is 4.98 Å². The lowest BCUT2D eigenvalue weighted by molar-refractivity contribution is 0.405. The van der Waals surface area contributed by atoms with E-state index in [4.69, 9.17) is 4.74 Å². The van der Waals surface area contributed by atoms with Gasteiger partial charge in [0.25, 0.3) is 0 Å². The maximum Gasteiger partial charge on any atom is 0.128 e. The molecule has 3 nitrogen and oxygen atoms in total. The van der Waals surface area contributed by atoms with E-state index in [1.165, 1.54) is 36.9 Å². The fourth-order valence-electron chi connectivity index (χ4n) is 3.08. The quantitative estimate of drug-likeness (QED) is 0.790. The zero-order valence-electron chi connectivity index (χ0n) is 13.3. The van der Waals surface area contributed by atoms with E-state index in [0.29, 0.717) is 6.04 Å². The van der Waals surface area contributed by atoms with Crippen LogP contribution in [0.2, 0.25) is 0 Å².